The number of alkyl halides is 3. The van der Waals surface area contributed by atoms with Crippen molar-refractivity contribution in [3.05, 3.63) is 63.1 Å². The molecule has 0 aromatic heterocycles. The summed E-state index contributed by atoms with van der Waals surface area (Å²) in [5.41, 5.74) is -1.69. The molecule has 2 aromatic carbocycles. The number of halogens is 7. The normalized spacial score (nSPS) is 11.3. The summed E-state index contributed by atoms with van der Waals surface area (Å²) in [4.78, 5) is 25.1. The molecule has 0 spiro atoms. The number of anilines is 1. The Morgan fingerprint density at radius 1 is 1.04 bits per heavy atom. The van der Waals surface area contributed by atoms with Crippen LogP contribution in [-0.2, 0) is 11.0 Å². The summed E-state index contributed by atoms with van der Waals surface area (Å²) in [5, 5.41) is 1.30. The van der Waals surface area contributed by atoms with Gasteiger partial charge < -0.3 is 10.2 Å². The van der Waals surface area contributed by atoms with Gasteiger partial charge in [-0.3, -0.25) is 9.59 Å². The molecule has 0 heterocycles. The van der Waals surface area contributed by atoms with Crippen LogP contribution in [0.1, 0.15) is 15.9 Å². The van der Waals surface area contributed by atoms with Crippen molar-refractivity contribution in [2.45, 2.75) is 6.18 Å². The molecule has 11 heteroatoms. The van der Waals surface area contributed by atoms with Crippen molar-refractivity contribution >= 4 is 40.7 Å². The SMILES string of the molecule is CN(CC(=O)Nc1ccc(Cl)c(C(F)(F)F)c1)C(=O)c1cc(F)c(F)cc1Cl. The highest BCUT2D eigenvalue weighted by Gasteiger charge is 2.33. The van der Waals surface area contributed by atoms with Gasteiger partial charge in [-0.1, -0.05) is 23.2 Å². The van der Waals surface area contributed by atoms with E-state index >= 15 is 0 Å². The van der Waals surface area contributed by atoms with Crippen LogP contribution in [0, 0.1) is 11.6 Å². The van der Waals surface area contributed by atoms with Crippen LogP contribution in [0.25, 0.3) is 0 Å². The van der Waals surface area contributed by atoms with Gasteiger partial charge in [-0.25, -0.2) is 8.78 Å². The van der Waals surface area contributed by atoms with Gasteiger partial charge in [-0.2, -0.15) is 13.2 Å². The quantitative estimate of drug-likeness (QED) is 0.537. The number of carbonyl (C=O) groups excluding carboxylic acids is 2. The minimum atomic E-state index is -4.71. The average Bonchev–Trinajstić information content (AvgIpc) is 2.58. The standard InChI is InChI=1S/C17H11Cl2F5N2O2/c1-26(16(28)9-5-13(20)14(21)6-12(9)19)7-15(27)25-8-2-3-11(18)10(4-8)17(22,23)24/h2-6H,7H2,1H3,(H,25,27). The second-order valence-corrected chi connectivity index (χ2v) is 6.46. The van der Waals surface area contributed by atoms with E-state index < -0.39 is 46.8 Å². The van der Waals surface area contributed by atoms with Gasteiger partial charge in [-0.05, 0) is 30.3 Å². The van der Waals surface area contributed by atoms with E-state index in [0.717, 1.165) is 17.0 Å². The third kappa shape index (κ3) is 5.11. The fraction of sp³-hybridized carbons (Fsp3) is 0.176. The summed E-state index contributed by atoms with van der Waals surface area (Å²) in [5.74, 6) is -4.26. The van der Waals surface area contributed by atoms with Crippen LogP contribution in [0.3, 0.4) is 0 Å². The van der Waals surface area contributed by atoms with Crippen LogP contribution in [0.4, 0.5) is 27.6 Å². The highest BCUT2D eigenvalue weighted by molar-refractivity contribution is 6.34. The Kier molecular flexibility index (Phi) is 6.51. The topological polar surface area (TPSA) is 49.4 Å². The molecule has 0 unspecified atom stereocenters. The van der Waals surface area contributed by atoms with E-state index in [-0.39, 0.29) is 16.3 Å². The third-order valence-corrected chi connectivity index (χ3v) is 4.17. The molecular formula is C17H11Cl2F5N2O2. The number of amides is 2. The Morgan fingerprint density at radius 2 is 1.64 bits per heavy atom. The summed E-state index contributed by atoms with van der Waals surface area (Å²) < 4.78 is 64.9. The summed E-state index contributed by atoms with van der Waals surface area (Å²) in [7, 11) is 1.18. The van der Waals surface area contributed by atoms with E-state index in [4.69, 9.17) is 23.2 Å². The smallest absolute Gasteiger partial charge is 0.332 e. The molecule has 0 radical (unpaired) electrons. The number of nitrogens with zero attached hydrogens (tertiary/aromatic N) is 1. The molecule has 2 rings (SSSR count). The van der Waals surface area contributed by atoms with Crippen molar-refractivity contribution in [1.82, 2.24) is 4.90 Å². The number of nitrogens with one attached hydrogen (secondary N) is 1. The minimum Gasteiger partial charge on any atom is -0.332 e. The van der Waals surface area contributed by atoms with Crippen molar-refractivity contribution in [3.8, 4) is 0 Å². The van der Waals surface area contributed by atoms with E-state index in [1.54, 1.807) is 0 Å². The summed E-state index contributed by atoms with van der Waals surface area (Å²) in [6, 6.07) is 3.97. The third-order valence-electron chi connectivity index (χ3n) is 3.52. The molecule has 4 nitrogen and oxygen atoms in total. The molecule has 28 heavy (non-hydrogen) atoms. The zero-order valence-corrected chi connectivity index (χ0v) is 15.5. The Morgan fingerprint density at radius 3 is 2.25 bits per heavy atom. The number of hydrogen-bond donors (Lipinski definition) is 1. The van der Waals surface area contributed by atoms with Gasteiger partial charge in [0.15, 0.2) is 11.6 Å². The first-order valence-corrected chi connectivity index (χ1v) is 8.22. The lowest BCUT2D eigenvalue weighted by Gasteiger charge is -2.18. The zero-order chi connectivity index (χ0) is 21.2. The molecule has 2 aromatic rings. The Bertz CT molecular complexity index is 934. The minimum absolute atomic E-state index is 0.187. The fourth-order valence-corrected chi connectivity index (χ4v) is 2.66. The monoisotopic (exact) mass is 440 g/mol. The number of rotatable bonds is 4. The predicted octanol–water partition coefficient (Wildman–Crippen LogP) is 5.00. The fourth-order valence-electron chi connectivity index (χ4n) is 2.20. The molecule has 0 atom stereocenters. The molecule has 0 saturated heterocycles. The van der Waals surface area contributed by atoms with Gasteiger partial charge in [-0.15, -0.1) is 0 Å². The van der Waals surface area contributed by atoms with Crippen molar-refractivity contribution < 1.29 is 31.5 Å². The van der Waals surface area contributed by atoms with E-state index in [0.29, 0.717) is 18.2 Å². The van der Waals surface area contributed by atoms with Gasteiger partial charge in [0.25, 0.3) is 5.91 Å². The lowest BCUT2D eigenvalue weighted by molar-refractivity contribution is -0.137. The summed E-state index contributed by atoms with van der Waals surface area (Å²) >= 11 is 11.2. The lowest BCUT2D eigenvalue weighted by Crippen LogP contribution is -2.35. The van der Waals surface area contributed by atoms with Gasteiger partial charge in [0.1, 0.15) is 0 Å². The van der Waals surface area contributed by atoms with Gasteiger partial charge in [0.2, 0.25) is 5.91 Å². The number of likely N-dealkylation sites (N-methyl/N-ethyl adjacent to an activating group) is 1. The predicted molar refractivity (Wildman–Crippen MR) is 93.4 cm³/mol. The molecule has 1 N–H and O–H groups in total. The first-order chi connectivity index (χ1) is 12.9. The first-order valence-electron chi connectivity index (χ1n) is 7.46. The maximum atomic E-state index is 13.3. The second kappa shape index (κ2) is 8.32. The van der Waals surface area contributed by atoms with E-state index in [2.05, 4.69) is 5.32 Å². The van der Waals surface area contributed by atoms with E-state index in [1.807, 2.05) is 0 Å². The number of benzene rings is 2. The van der Waals surface area contributed by atoms with E-state index in [9.17, 15) is 31.5 Å². The molecule has 0 aliphatic heterocycles. The van der Waals surface area contributed by atoms with E-state index in [1.165, 1.54) is 7.05 Å². The van der Waals surface area contributed by atoms with Crippen molar-refractivity contribution in [1.29, 1.82) is 0 Å². The van der Waals surface area contributed by atoms with Crippen LogP contribution in [0.5, 0.6) is 0 Å². The Balaban J connectivity index is 2.11. The van der Waals surface area contributed by atoms with Crippen LogP contribution in [-0.4, -0.2) is 30.3 Å². The lowest BCUT2D eigenvalue weighted by atomic mass is 10.2. The van der Waals surface area contributed by atoms with Gasteiger partial charge >= 0.3 is 6.18 Å². The highest BCUT2D eigenvalue weighted by Crippen LogP contribution is 2.36. The summed E-state index contributed by atoms with van der Waals surface area (Å²) in [6.45, 7) is -0.585. The van der Waals surface area contributed by atoms with Crippen LogP contribution < -0.4 is 5.32 Å². The largest absolute Gasteiger partial charge is 0.417 e. The molecule has 150 valence electrons. The van der Waals surface area contributed by atoms with Crippen molar-refractivity contribution in [3.63, 3.8) is 0 Å². The molecule has 0 fully saturated rings. The Labute approximate surface area is 165 Å². The molecule has 0 bridgehead atoms. The molecule has 2 amide bonds. The zero-order valence-electron chi connectivity index (χ0n) is 14.0. The number of carbonyl (C=O) groups is 2. The molecule has 0 saturated carbocycles. The average molecular weight is 441 g/mol. The maximum Gasteiger partial charge on any atom is 0.417 e. The van der Waals surface area contributed by atoms with Crippen LogP contribution in [0.2, 0.25) is 10.0 Å². The highest BCUT2D eigenvalue weighted by atomic mass is 35.5. The van der Waals surface area contributed by atoms with Crippen molar-refractivity contribution in [2.75, 3.05) is 18.9 Å². The molecule has 0 aliphatic carbocycles. The van der Waals surface area contributed by atoms with Gasteiger partial charge in [0, 0.05) is 12.7 Å². The van der Waals surface area contributed by atoms with Crippen LogP contribution >= 0.6 is 23.2 Å². The maximum absolute atomic E-state index is 13.3. The summed E-state index contributed by atoms with van der Waals surface area (Å²) in [6.07, 6.45) is -4.71. The molecular weight excluding hydrogens is 430 g/mol. The number of hydrogen-bond acceptors (Lipinski definition) is 2. The second-order valence-electron chi connectivity index (χ2n) is 5.65. The Hall–Kier alpha value is -2.39. The van der Waals surface area contributed by atoms with Crippen molar-refractivity contribution in [2.24, 2.45) is 0 Å². The molecule has 0 aliphatic rings. The first kappa shape index (κ1) is 21.9. The van der Waals surface area contributed by atoms with Crippen LogP contribution in [0.15, 0.2) is 30.3 Å². The van der Waals surface area contributed by atoms with Gasteiger partial charge in [0.05, 0.1) is 27.7 Å².